The molecule has 4 N–H and O–H groups in total. The number of hydrogen-bond acceptors (Lipinski definition) is 6. The van der Waals surface area contributed by atoms with Crippen molar-refractivity contribution in [3.8, 4) is 11.5 Å². The first kappa shape index (κ1) is 23.5. The highest BCUT2D eigenvalue weighted by atomic mass is 32.2. The van der Waals surface area contributed by atoms with E-state index in [0.29, 0.717) is 40.8 Å². The number of sulfonamides is 1. The minimum Gasteiger partial charge on any atom is -0.467 e. The molecular formula is C25H23N3O4S2. The molecule has 0 saturated heterocycles. The number of anilines is 1. The van der Waals surface area contributed by atoms with Gasteiger partial charge in [-0.05, 0) is 42.0 Å². The van der Waals surface area contributed by atoms with E-state index in [2.05, 4.69) is 10.6 Å². The first-order valence-electron chi connectivity index (χ1n) is 10.4. The first-order chi connectivity index (χ1) is 16.4. The van der Waals surface area contributed by atoms with Gasteiger partial charge in [-0.3, -0.25) is 0 Å². The van der Waals surface area contributed by atoms with Gasteiger partial charge in [0.25, 0.3) is 0 Å². The van der Waals surface area contributed by atoms with Gasteiger partial charge >= 0.3 is 0 Å². The molecule has 0 amide bonds. The van der Waals surface area contributed by atoms with Gasteiger partial charge in [0.15, 0.2) is 5.75 Å². The maximum Gasteiger partial charge on any atom is 0.241 e. The molecular weight excluding hydrogens is 470 g/mol. The molecule has 4 rings (SSSR count). The normalized spacial score (nSPS) is 11.1. The van der Waals surface area contributed by atoms with Crippen molar-refractivity contribution >= 4 is 32.9 Å². The number of hydrogen-bond donors (Lipinski definition) is 3. The summed E-state index contributed by atoms with van der Waals surface area (Å²) in [5.41, 5.74) is 1.93. The van der Waals surface area contributed by atoms with E-state index in [1.54, 1.807) is 48.7 Å². The zero-order chi connectivity index (χ0) is 24.0. The Morgan fingerprint density at radius 2 is 1.65 bits per heavy atom. The van der Waals surface area contributed by atoms with Crippen molar-refractivity contribution in [2.45, 2.75) is 18.0 Å². The number of thiocarbonyl (C=S) groups is 1. The molecule has 0 bridgehead atoms. The van der Waals surface area contributed by atoms with Gasteiger partial charge in [-0.1, -0.05) is 60.7 Å². The van der Waals surface area contributed by atoms with Gasteiger partial charge in [-0.2, -0.15) is 0 Å². The second-order valence-electron chi connectivity index (χ2n) is 7.41. The summed E-state index contributed by atoms with van der Waals surface area (Å²) in [7, 11) is -4.15. The molecule has 0 aliphatic rings. The van der Waals surface area contributed by atoms with Crippen molar-refractivity contribution in [1.82, 2.24) is 5.32 Å². The van der Waals surface area contributed by atoms with Crippen molar-refractivity contribution in [3.05, 3.63) is 108 Å². The van der Waals surface area contributed by atoms with Crippen LogP contribution in [-0.2, 0) is 23.1 Å². The van der Waals surface area contributed by atoms with Crippen LogP contribution in [0.5, 0.6) is 11.5 Å². The molecule has 34 heavy (non-hydrogen) atoms. The van der Waals surface area contributed by atoms with E-state index >= 15 is 0 Å². The van der Waals surface area contributed by atoms with Crippen molar-refractivity contribution in [1.29, 1.82) is 0 Å². The highest BCUT2D eigenvalue weighted by Gasteiger charge is 2.23. The Morgan fingerprint density at radius 3 is 2.29 bits per heavy atom. The molecule has 7 nitrogen and oxygen atoms in total. The van der Waals surface area contributed by atoms with Crippen LogP contribution in [0.1, 0.15) is 16.9 Å². The van der Waals surface area contributed by atoms with Gasteiger partial charge in [-0.25, -0.2) is 13.6 Å². The fourth-order valence-electron chi connectivity index (χ4n) is 3.26. The fourth-order valence-corrected chi connectivity index (χ4v) is 4.15. The highest BCUT2D eigenvalue weighted by molar-refractivity contribution is 7.89. The summed E-state index contributed by atoms with van der Waals surface area (Å²) in [4.78, 5) is 0.195. The molecule has 0 atom stereocenters. The number of nitrogens with two attached hydrogens (primary N) is 1. The molecule has 4 aromatic rings. The average Bonchev–Trinajstić information content (AvgIpc) is 3.36. The Kier molecular flexibility index (Phi) is 7.27. The molecule has 0 spiro atoms. The number of ether oxygens (including phenoxy) is 1. The summed E-state index contributed by atoms with van der Waals surface area (Å²) in [6, 6.07) is 25.3. The Balaban J connectivity index is 1.71. The van der Waals surface area contributed by atoms with Crippen LogP contribution in [0.15, 0.2) is 101 Å². The smallest absolute Gasteiger partial charge is 0.241 e. The third kappa shape index (κ3) is 6.02. The average molecular weight is 494 g/mol. The van der Waals surface area contributed by atoms with Gasteiger partial charge in [0.2, 0.25) is 10.0 Å². The van der Waals surface area contributed by atoms with E-state index in [9.17, 15) is 8.42 Å². The van der Waals surface area contributed by atoms with Gasteiger partial charge < -0.3 is 19.8 Å². The summed E-state index contributed by atoms with van der Waals surface area (Å²) < 4.78 is 36.5. The van der Waals surface area contributed by atoms with Crippen LogP contribution in [0.4, 0.5) is 5.69 Å². The highest BCUT2D eigenvalue weighted by Crippen LogP contribution is 2.37. The summed E-state index contributed by atoms with van der Waals surface area (Å²) >= 11 is 5.56. The Hall–Kier alpha value is -3.66. The lowest BCUT2D eigenvalue weighted by molar-refractivity contribution is 0.468. The first-order valence-corrected chi connectivity index (χ1v) is 12.4. The number of primary sulfonamides is 1. The van der Waals surface area contributed by atoms with E-state index in [0.717, 1.165) is 5.56 Å². The number of rotatable bonds is 9. The minimum atomic E-state index is -4.15. The van der Waals surface area contributed by atoms with E-state index in [1.807, 2.05) is 36.4 Å². The van der Waals surface area contributed by atoms with Crippen LogP contribution in [0.3, 0.4) is 0 Å². The summed E-state index contributed by atoms with van der Waals surface area (Å²) in [5.74, 6) is 1.21. The molecule has 0 aliphatic carbocycles. The molecule has 3 aromatic carbocycles. The lowest BCUT2D eigenvalue weighted by Gasteiger charge is -2.18. The zero-order valence-electron chi connectivity index (χ0n) is 18.1. The Bertz CT molecular complexity index is 1360. The SMILES string of the molecule is NS(=O)(=O)c1cc(C(=S)NCc2ccccc2)cc(NCc2ccco2)c1Oc1ccccc1. The van der Waals surface area contributed by atoms with Gasteiger partial charge in [-0.15, -0.1) is 0 Å². The number of furan rings is 1. The predicted octanol–water partition coefficient (Wildman–Crippen LogP) is 4.80. The fraction of sp³-hybridized carbons (Fsp3) is 0.0800. The predicted molar refractivity (Wildman–Crippen MR) is 135 cm³/mol. The monoisotopic (exact) mass is 493 g/mol. The second-order valence-corrected chi connectivity index (χ2v) is 9.35. The lowest BCUT2D eigenvalue weighted by Crippen LogP contribution is -2.23. The Labute approximate surface area is 203 Å². The molecule has 0 aliphatic heterocycles. The van der Waals surface area contributed by atoms with Crippen molar-refractivity contribution in [2.24, 2.45) is 5.14 Å². The van der Waals surface area contributed by atoms with E-state index in [1.165, 1.54) is 6.07 Å². The Morgan fingerprint density at radius 1 is 0.941 bits per heavy atom. The van der Waals surface area contributed by atoms with Crippen LogP contribution in [0.2, 0.25) is 0 Å². The lowest BCUT2D eigenvalue weighted by atomic mass is 10.1. The molecule has 1 aromatic heterocycles. The van der Waals surface area contributed by atoms with Crippen LogP contribution in [0, 0.1) is 0 Å². The maximum absolute atomic E-state index is 12.6. The van der Waals surface area contributed by atoms with Gasteiger partial charge in [0, 0.05) is 12.1 Å². The molecule has 174 valence electrons. The number of nitrogens with one attached hydrogen (secondary N) is 2. The third-order valence-electron chi connectivity index (χ3n) is 4.92. The van der Waals surface area contributed by atoms with Crippen molar-refractivity contribution in [3.63, 3.8) is 0 Å². The standard InChI is InChI=1S/C25H23N3O4S2/c26-34(29,30)23-15-19(25(33)28-16-18-8-3-1-4-9-18)14-22(27-17-21-12-7-13-31-21)24(23)32-20-10-5-2-6-11-20/h1-15,27H,16-17H2,(H,28,33)(H2,26,29,30). The summed E-state index contributed by atoms with van der Waals surface area (Å²) in [6.45, 7) is 0.789. The van der Waals surface area contributed by atoms with Crippen LogP contribution < -0.4 is 20.5 Å². The summed E-state index contributed by atoms with van der Waals surface area (Å²) in [6.07, 6.45) is 1.56. The number of benzene rings is 3. The molecule has 9 heteroatoms. The molecule has 1 heterocycles. The van der Waals surface area contributed by atoms with Crippen molar-refractivity contribution in [2.75, 3.05) is 5.32 Å². The van der Waals surface area contributed by atoms with Crippen LogP contribution in [0.25, 0.3) is 0 Å². The van der Waals surface area contributed by atoms with E-state index < -0.39 is 10.0 Å². The number of para-hydroxylation sites is 1. The molecule has 0 radical (unpaired) electrons. The van der Waals surface area contributed by atoms with E-state index in [-0.39, 0.29) is 10.6 Å². The second kappa shape index (κ2) is 10.5. The zero-order valence-corrected chi connectivity index (χ0v) is 19.7. The van der Waals surface area contributed by atoms with Crippen molar-refractivity contribution < 1.29 is 17.6 Å². The molecule has 0 fully saturated rings. The summed E-state index contributed by atoms with van der Waals surface area (Å²) in [5, 5.41) is 11.9. The molecule has 0 unspecified atom stereocenters. The quantitative estimate of drug-likeness (QED) is 0.288. The van der Waals surface area contributed by atoms with Crippen LogP contribution in [-0.4, -0.2) is 13.4 Å². The largest absolute Gasteiger partial charge is 0.467 e. The maximum atomic E-state index is 12.6. The minimum absolute atomic E-state index is 0.0786. The van der Waals surface area contributed by atoms with Gasteiger partial charge in [0.1, 0.15) is 21.4 Å². The topological polar surface area (TPSA) is 107 Å². The van der Waals surface area contributed by atoms with Gasteiger partial charge in [0.05, 0.1) is 18.5 Å². The van der Waals surface area contributed by atoms with Crippen LogP contribution >= 0.6 is 12.2 Å². The molecule has 0 saturated carbocycles. The third-order valence-corrected chi connectivity index (χ3v) is 6.21. The van der Waals surface area contributed by atoms with E-state index in [4.69, 9.17) is 26.5 Å².